The van der Waals surface area contributed by atoms with Crippen molar-refractivity contribution in [2.75, 3.05) is 23.8 Å². The lowest BCUT2D eigenvalue weighted by atomic mass is 10.1. The van der Waals surface area contributed by atoms with Crippen LogP contribution in [0.4, 0.5) is 11.6 Å². The van der Waals surface area contributed by atoms with Gasteiger partial charge in [0, 0.05) is 25.6 Å². The van der Waals surface area contributed by atoms with E-state index in [2.05, 4.69) is 35.4 Å². The van der Waals surface area contributed by atoms with E-state index >= 15 is 0 Å². The molecule has 0 amide bonds. The molecule has 2 aliphatic rings. The van der Waals surface area contributed by atoms with E-state index in [4.69, 9.17) is 4.74 Å². The number of nitrogens with zero attached hydrogens (tertiary/aromatic N) is 5. The number of aromatic nitrogens is 5. The van der Waals surface area contributed by atoms with Gasteiger partial charge in [-0.1, -0.05) is 0 Å². The van der Waals surface area contributed by atoms with Crippen molar-refractivity contribution in [3.8, 4) is 0 Å². The van der Waals surface area contributed by atoms with E-state index < -0.39 is 0 Å². The average molecular weight is 315 g/mol. The number of aryl methyl sites for hydroxylation is 1. The van der Waals surface area contributed by atoms with Crippen molar-refractivity contribution in [2.24, 2.45) is 0 Å². The summed E-state index contributed by atoms with van der Waals surface area (Å²) in [5.41, 5.74) is 0. The van der Waals surface area contributed by atoms with E-state index in [1.165, 1.54) is 0 Å². The SMILES string of the molecule is c1nc(NCc2nnc3n2CCC3)cc(NC2CCCOC2)n1. The maximum Gasteiger partial charge on any atom is 0.152 e. The second kappa shape index (κ2) is 6.49. The summed E-state index contributed by atoms with van der Waals surface area (Å²) in [6, 6.07) is 2.25. The normalized spacial score (nSPS) is 20.3. The Hall–Kier alpha value is -2.22. The molecule has 0 aromatic carbocycles. The van der Waals surface area contributed by atoms with E-state index in [-0.39, 0.29) is 0 Å². The molecule has 4 heterocycles. The molecule has 23 heavy (non-hydrogen) atoms. The Bertz CT molecular complexity index is 666. The second-order valence-corrected chi connectivity index (χ2v) is 5.99. The summed E-state index contributed by atoms with van der Waals surface area (Å²) in [7, 11) is 0. The summed E-state index contributed by atoms with van der Waals surface area (Å²) >= 11 is 0. The van der Waals surface area contributed by atoms with E-state index in [9.17, 15) is 0 Å². The number of nitrogens with one attached hydrogen (secondary N) is 2. The van der Waals surface area contributed by atoms with Crippen LogP contribution in [0.1, 0.15) is 30.9 Å². The minimum absolute atomic E-state index is 0.325. The minimum Gasteiger partial charge on any atom is -0.379 e. The lowest BCUT2D eigenvalue weighted by Gasteiger charge is -2.23. The number of rotatable bonds is 5. The Kier molecular flexibility index (Phi) is 4.06. The van der Waals surface area contributed by atoms with Gasteiger partial charge in [0.15, 0.2) is 5.82 Å². The van der Waals surface area contributed by atoms with Crippen LogP contribution < -0.4 is 10.6 Å². The third-order valence-electron chi connectivity index (χ3n) is 4.29. The highest BCUT2D eigenvalue weighted by Crippen LogP contribution is 2.17. The Balaban J connectivity index is 1.38. The van der Waals surface area contributed by atoms with Gasteiger partial charge in [0.2, 0.25) is 0 Å². The highest BCUT2D eigenvalue weighted by molar-refractivity contribution is 5.47. The molecule has 0 bridgehead atoms. The number of anilines is 2. The number of ether oxygens (including phenoxy) is 1. The topological polar surface area (TPSA) is 89.8 Å². The maximum atomic E-state index is 5.48. The molecular weight excluding hydrogens is 294 g/mol. The van der Waals surface area contributed by atoms with Gasteiger partial charge in [-0.25, -0.2) is 9.97 Å². The van der Waals surface area contributed by atoms with E-state index in [0.29, 0.717) is 12.6 Å². The lowest BCUT2D eigenvalue weighted by molar-refractivity contribution is 0.0875. The minimum atomic E-state index is 0.325. The maximum absolute atomic E-state index is 5.48. The van der Waals surface area contributed by atoms with Crippen LogP contribution in [0.2, 0.25) is 0 Å². The van der Waals surface area contributed by atoms with Crippen molar-refractivity contribution in [3.05, 3.63) is 24.0 Å². The van der Waals surface area contributed by atoms with Crippen molar-refractivity contribution in [2.45, 2.75) is 44.8 Å². The van der Waals surface area contributed by atoms with Gasteiger partial charge in [0.1, 0.15) is 23.8 Å². The molecule has 122 valence electrons. The van der Waals surface area contributed by atoms with Crippen LogP contribution in [0.3, 0.4) is 0 Å². The smallest absolute Gasteiger partial charge is 0.152 e. The van der Waals surface area contributed by atoms with Gasteiger partial charge in [0.25, 0.3) is 0 Å². The summed E-state index contributed by atoms with van der Waals surface area (Å²) < 4.78 is 7.67. The Morgan fingerprint density at radius 2 is 2.17 bits per heavy atom. The fraction of sp³-hybridized carbons (Fsp3) is 0.600. The van der Waals surface area contributed by atoms with Crippen LogP contribution >= 0.6 is 0 Å². The number of hydrogen-bond donors (Lipinski definition) is 2. The number of fused-ring (bicyclic) bond motifs is 1. The zero-order valence-corrected chi connectivity index (χ0v) is 13.0. The van der Waals surface area contributed by atoms with E-state index in [0.717, 1.165) is 68.7 Å². The molecule has 1 fully saturated rings. The molecule has 1 saturated heterocycles. The van der Waals surface area contributed by atoms with Gasteiger partial charge in [-0.15, -0.1) is 10.2 Å². The third kappa shape index (κ3) is 3.26. The Morgan fingerprint density at radius 1 is 1.22 bits per heavy atom. The van der Waals surface area contributed by atoms with Gasteiger partial charge in [-0.2, -0.15) is 0 Å². The first-order chi connectivity index (χ1) is 11.4. The largest absolute Gasteiger partial charge is 0.379 e. The molecule has 8 heteroatoms. The van der Waals surface area contributed by atoms with E-state index in [1.54, 1.807) is 6.33 Å². The Morgan fingerprint density at radius 3 is 3.09 bits per heavy atom. The molecule has 1 atom stereocenters. The monoisotopic (exact) mass is 315 g/mol. The van der Waals surface area contributed by atoms with Crippen molar-refractivity contribution in [3.63, 3.8) is 0 Å². The zero-order chi connectivity index (χ0) is 15.5. The van der Waals surface area contributed by atoms with Gasteiger partial charge in [-0.3, -0.25) is 0 Å². The quantitative estimate of drug-likeness (QED) is 0.857. The summed E-state index contributed by atoms with van der Waals surface area (Å²) in [5.74, 6) is 3.66. The van der Waals surface area contributed by atoms with Crippen molar-refractivity contribution in [1.82, 2.24) is 24.7 Å². The van der Waals surface area contributed by atoms with Crippen LogP contribution in [-0.4, -0.2) is 44.0 Å². The average Bonchev–Trinajstić information content (AvgIpc) is 3.18. The molecular formula is C15H21N7O. The van der Waals surface area contributed by atoms with E-state index in [1.807, 2.05) is 6.07 Å². The first-order valence-electron chi connectivity index (χ1n) is 8.19. The van der Waals surface area contributed by atoms with Crippen molar-refractivity contribution in [1.29, 1.82) is 0 Å². The predicted molar refractivity (Wildman–Crippen MR) is 85.2 cm³/mol. The summed E-state index contributed by atoms with van der Waals surface area (Å²) in [5, 5.41) is 15.2. The summed E-state index contributed by atoms with van der Waals surface area (Å²) in [4.78, 5) is 8.56. The van der Waals surface area contributed by atoms with Crippen molar-refractivity contribution >= 4 is 11.6 Å². The molecule has 0 saturated carbocycles. The lowest BCUT2D eigenvalue weighted by Crippen LogP contribution is -2.30. The summed E-state index contributed by atoms with van der Waals surface area (Å²) in [6.45, 7) is 3.23. The van der Waals surface area contributed by atoms with Gasteiger partial charge < -0.3 is 19.9 Å². The van der Waals surface area contributed by atoms with Gasteiger partial charge in [0.05, 0.1) is 19.2 Å². The fourth-order valence-electron chi connectivity index (χ4n) is 3.11. The fourth-order valence-corrected chi connectivity index (χ4v) is 3.11. The molecule has 8 nitrogen and oxygen atoms in total. The van der Waals surface area contributed by atoms with Crippen LogP contribution in [0, 0.1) is 0 Å². The molecule has 2 aliphatic heterocycles. The molecule has 2 aromatic rings. The molecule has 0 radical (unpaired) electrons. The molecule has 0 spiro atoms. The third-order valence-corrected chi connectivity index (χ3v) is 4.29. The molecule has 1 unspecified atom stereocenters. The first-order valence-corrected chi connectivity index (χ1v) is 8.19. The predicted octanol–water partition coefficient (Wildman–Crippen LogP) is 1.22. The van der Waals surface area contributed by atoms with Crippen LogP contribution in [0.5, 0.6) is 0 Å². The highest BCUT2D eigenvalue weighted by atomic mass is 16.5. The Labute approximate surface area is 134 Å². The second-order valence-electron chi connectivity index (χ2n) is 5.99. The molecule has 2 N–H and O–H groups in total. The van der Waals surface area contributed by atoms with Crippen molar-refractivity contribution < 1.29 is 4.74 Å². The van der Waals surface area contributed by atoms with Gasteiger partial charge >= 0.3 is 0 Å². The molecule has 2 aromatic heterocycles. The number of hydrogen-bond acceptors (Lipinski definition) is 7. The molecule has 4 rings (SSSR count). The van der Waals surface area contributed by atoms with Crippen LogP contribution in [0.25, 0.3) is 0 Å². The molecule has 0 aliphatic carbocycles. The standard InChI is InChI=1S/C15H21N7O/c1-4-14-20-21-15(22(14)5-1)8-16-12-7-13(18-10-17-12)19-11-3-2-6-23-9-11/h7,10-11H,1-6,8-9H2,(H2,16,17,18,19). The van der Waals surface area contributed by atoms with Crippen LogP contribution in [-0.2, 0) is 24.2 Å². The first kappa shape index (κ1) is 14.4. The zero-order valence-electron chi connectivity index (χ0n) is 13.0. The van der Waals surface area contributed by atoms with Gasteiger partial charge in [-0.05, 0) is 19.3 Å². The van der Waals surface area contributed by atoms with Crippen LogP contribution in [0.15, 0.2) is 12.4 Å². The highest BCUT2D eigenvalue weighted by Gasteiger charge is 2.17. The summed E-state index contributed by atoms with van der Waals surface area (Å²) in [6.07, 6.45) is 5.95.